The maximum absolute atomic E-state index is 12.2. The molecule has 0 aliphatic heterocycles. The molecular weight excluding hydrogens is 539 g/mol. The first-order valence-electron chi connectivity index (χ1n) is 11.9. The Balaban J connectivity index is 0.00000420. The van der Waals surface area contributed by atoms with Crippen molar-refractivity contribution in [2.75, 3.05) is 13.2 Å². The van der Waals surface area contributed by atoms with Gasteiger partial charge in [0.1, 0.15) is 24.7 Å². The maximum atomic E-state index is 12.2. The molecule has 9 heteroatoms. The first-order chi connectivity index (χ1) is 18.7. The van der Waals surface area contributed by atoms with E-state index in [1.807, 2.05) is 60.7 Å². The molecule has 8 nitrogen and oxygen atoms in total. The van der Waals surface area contributed by atoms with Gasteiger partial charge in [0.15, 0.2) is 0 Å². The summed E-state index contributed by atoms with van der Waals surface area (Å²) >= 11 is 0. The molecule has 39 heavy (non-hydrogen) atoms. The van der Waals surface area contributed by atoms with E-state index in [4.69, 9.17) is 9.47 Å². The normalized spacial score (nSPS) is 10.6. The van der Waals surface area contributed by atoms with Gasteiger partial charge in [0, 0.05) is 39.0 Å². The monoisotopic (exact) mass is 565 g/mol. The second-order valence-corrected chi connectivity index (χ2v) is 7.90. The molecule has 4 aromatic carbocycles. The molecule has 0 heterocycles. The summed E-state index contributed by atoms with van der Waals surface area (Å²) in [4.78, 5) is 24.3. The van der Waals surface area contributed by atoms with Crippen molar-refractivity contribution in [3.63, 3.8) is 0 Å². The molecule has 0 aliphatic rings. The van der Waals surface area contributed by atoms with Crippen LogP contribution in [0, 0.1) is 0 Å². The van der Waals surface area contributed by atoms with Crippen LogP contribution in [0.1, 0.15) is 31.8 Å². The van der Waals surface area contributed by atoms with E-state index in [-0.39, 0.29) is 41.8 Å². The van der Waals surface area contributed by atoms with E-state index >= 15 is 0 Å². The van der Waals surface area contributed by atoms with Crippen molar-refractivity contribution in [1.29, 1.82) is 0 Å². The van der Waals surface area contributed by atoms with Crippen molar-refractivity contribution >= 4 is 24.2 Å². The maximum Gasteiger partial charge on any atom is 0.271 e. The van der Waals surface area contributed by atoms with Crippen molar-refractivity contribution in [3.05, 3.63) is 131 Å². The molecule has 4 rings (SSSR count). The van der Waals surface area contributed by atoms with Crippen LogP contribution < -0.4 is 20.3 Å². The van der Waals surface area contributed by atoms with Gasteiger partial charge in [0.25, 0.3) is 11.8 Å². The molecule has 0 aliphatic carbocycles. The SMILES string of the molecule is O=C(NN=Cc1ccccc1OCCOc1ccccc1C=NNC(=O)c1ccccc1)c1ccccc1.[Co]. The fraction of sp³-hybridized carbons (Fsp3) is 0.0667. The molecule has 0 atom stereocenters. The van der Waals surface area contributed by atoms with Gasteiger partial charge in [-0.15, -0.1) is 0 Å². The number of nitrogens with one attached hydrogen (secondary N) is 2. The summed E-state index contributed by atoms with van der Waals surface area (Å²) in [5.74, 6) is 0.616. The minimum atomic E-state index is -0.296. The van der Waals surface area contributed by atoms with Crippen LogP contribution in [-0.4, -0.2) is 37.5 Å². The first-order valence-corrected chi connectivity index (χ1v) is 11.9. The quantitative estimate of drug-likeness (QED) is 0.157. The summed E-state index contributed by atoms with van der Waals surface area (Å²) in [5.41, 5.74) is 7.50. The van der Waals surface area contributed by atoms with E-state index in [2.05, 4.69) is 21.1 Å². The molecule has 0 bridgehead atoms. The van der Waals surface area contributed by atoms with Gasteiger partial charge >= 0.3 is 0 Å². The fourth-order valence-electron chi connectivity index (χ4n) is 3.37. The molecule has 0 saturated carbocycles. The summed E-state index contributed by atoms with van der Waals surface area (Å²) in [6, 6.07) is 32.4. The van der Waals surface area contributed by atoms with Gasteiger partial charge in [-0.25, -0.2) is 10.9 Å². The van der Waals surface area contributed by atoms with Crippen LogP contribution in [-0.2, 0) is 16.8 Å². The molecule has 0 aromatic heterocycles. The zero-order valence-corrected chi connectivity index (χ0v) is 21.9. The summed E-state index contributed by atoms with van der Waals surface area (Å²) in [6.07, 6.45) is 3.07. The number of ether oxygens (including phenoxy) is 2. The van der Waals surface area contributed by atoms with Crippen molar-refractivity contribution in [3.8, 4) is 11.5 Å². The third kappa shape index (κ3) is 8.95. The number of rotatable bonds is 11. The standard InChI is InChI=1S/C30H26N4O4.Co/c35-29(23-11-3-1-4-12-23)33-31-21-25-15-7-9-17-27(25)37-19-20-38-28-18-10-8-16-26(28)22-32-34-30(36)24-13-5-2-6-14-24;/h1-18,21-22H,19-20H2,(H,33,35)(H,34,36);. The van der Waals surface area contributed by atoms with Crippen LogP contribution >= 0.6 is 0 Å². The van der Waals surface area contributed by atoms with E-state index in [0.717, 1.165) is 0 Å². The summed E-state index contributed by atoms with van der Waals surface area (Å²) in [5, 5.41) is 8.09. The Labute approximate surface area is 236 Å². The van der Waals surface area contributed by atoms with E-state index in [0.29, 0.717) is 33.8 Å². The molecule has 0 saturated heterocycles. The Bertz CT molecular complexity index is 1300. The van der Waals surface area contributed by atoms with E-state index in [9.17, 15) is 9.59 Å². The van der Waals surface area contributed by atoms with Crippen molar-refractivity contribution < 1.29 is 35.8 Å². The van der Waals surface area contributed by atoms with Crippen LogP contribution in [0.2, 0.25) is 0 Å². The Morgan fingerprint density at radius 3 is 1.33 bits per heavy atom. The van der Waals surface area contributed by atoms with Crippen LogP contribution in [0.25, 0.3) is 0 Å². The van der Waals surface area contributed by atoms with Gasteiger partial charge in [0.05, 0.1) is 12.4 Å². The Kier molecular flexibility index (Phi) is 11.5. The molecule has 2 N–H and O–H groups in total. The molecule has 1 radical (unpaired) electrons. The largest absolute Gasteiger partial charge is 0.489 e. The van der Waals surface area contributed by atoms with Gasteiger partial charge in [-0.3, -0.25) is 9.59 Å². The zero-order chi connectivity index (χ0) is 26.4. The van der Waals surface area contributed by atoms with Crippen LogP contribution in [0.15, 0.2) is 119 Å². The van der Waals surface area contributed by atoms with Crippen LogP contribution in [0.3, 0.4) is 0 Å². The van der Waals surface area contributed by atoms with Gasteiger partial charge in [-0.2, -0.15) is 10.2 Å². The summed E-state index contributed by atoms with van der Waals surface area (Å²) in [7, 11) is 0. The number of benzene rings is 4. The van der Waals surface area contributed by atoms with Gasteiger partial charge in [-0.1, -0.05) is 60.7 Å². The fourth-order valence-corrected chi connectivity index (χ4v) is 3.37. The number of carbonyl (C=O) groups is 2. The predicted octanol–water partition coefficient (Wildman–Crippen LogP) is 4.67. The molecule has 0 fully saturated rings. The van der Waals surface area contributed by atoms with E-state index in [1.54, 1.807) is 48.5 Å². The van der Waals surface area contributed by atoms with Crippen molar-refractivity contribution in [1.82, 2.24) is 10.9 Å². The van der Waals surface area contributed by atoms with Crippen LogP contribution in [0.4, 0.5) is 0 Å². The van der Waals surface area contributed by atoms with Crippen molar-refractivity contribution in [2.45, 2.75) is 0 Å². The number of hydrazone groups is 2. The van der Waals surface area contributed by atoms with E-state index in [1.165, 1.54) is 12.4 Å². The molecule has 0 spiro atoms. The van der Waals surface area contributed by atoms with Crippen molar-refractivity contribution in [2.24, 2.45) is 10.2 Å². The van der Waals surface area contributed by atoms with Gasteiger partial charge in [-0.05, 0) is 48.5 Å². The second kappa shape index (κ2) is 15.5. The third-order valence-corrected chi connectivity index (χ3v) is 5.25. The first kappa shape index (κ1) is 28.8. The number of para-hydroxylation sites is 2. The summed E-state index contributed by atoms with van der Waals surface area (Å²) < 4.78 is 11.8. The smallest absolute Gasteiger partial charge is 0.271 e. The summed E-state index contributed by atoms with van der Waals surface area (Å²) in [6.45, 7) is 0.550. The van der Waals surface area contributed by atoms with Crippen LogP contribution in [0.5, 0.6) is 11.5 Å². The molecule has 0 unspecified atom stereocenters. The third-order valence-electron chi connectivity index (χ3n) is 5.25. The number of amides is 2. The predicted molar refractivity (Wildman–Crippen MR) is 147 cm³/mol. The Morgan fingerprint density at radius 1 is 0.564 bits per heavy atom. The molecular formula is C30H26CoN4O4. The Morgan fingerprint density at radius 2 is 0.923 bits per heavy atom. The Hall–Kier alpha value is -4.73. The second-order valence-electron chi connectivity index (χ2n) is 7.90. The number of carbonyl (C=O) groups excluding carboxylic acids is 2. The van der Waals surface area contributed by atoms with E-state index < -0.39 is 0 Å². The minimum Gasteiger partial charge on any atom is -0.489 e. The number of nitrogens with zero attached hydrogens (tertiary/aromatic N) is 2. The molecule has 199 valence electrons. The minimum absolute atomic E-state index is 0. The average Bonchev–Trinajstić information content (AvgIpc) is 2.97. The van der Waals surface area contributed by atoms with Gasteiger partial charge < -0.3 is 9.47 Å². The topological polar surface area (TPSA) is 101 Å². The number of hydrogen-bond donors (Lipinski definition) is 2. The zero-order valence-electron chi connectivity index (χ0n) is 20.8. The number of hydrogen-bond acceptors (Lipinski definition) is 6. The van der Waals surface area contributed by atoms with Gasteiger partial charge in [0.2, 0.25) is 0 Å². The average molecular weight is 565 g/mol. The molecule has 4 aromatic rings. The molecule has 2 amide bonds.